The van der Waals surface area contributed by atoms with Crippen molar-refractivity contribution in [2.24, 2.45) is 0 Å². The molecule has 5 nitrogen and oxygen atoms in total. The van der Waals surface area contributed by atoms with Crippen LogP contribution in [0.1, 0.15) is 33.6 Å². The number of carbonyl (C=O) groups is 2. The number of nitrogens with zero attached hydrogens (tertiary/aromatic N) is 2. The van der Waals surface area contributed by atoms with Gasteiger partial charge >= 0.3 is 0 Å². The Kier molecular flexibility index (Phi) is 5.74. The van der Waals surface area contributed by atoms with Crippen LogP contribution < -0.4 is 4.74 Å². The molecule has 0 aliphatic carbocycles. The van der Waals surface area contributed by atoms with Crippen LogP contribution in [0.25, 0.3) is 0 Å². The summed E-state index contributed by atoms with van der Waals surface area (Å²) in [6.45, 7) is 1.97. The Morgan fingerprint density at radius 3 is 2.38 bits per heavy atom. The molecule has 2 heterocycles. The first kappa shape index (κ1) is 20.1. The number of hydrogen-bond acceptors (Lipinski definition) is 4. The van der Waals surface area contributed by atoms with Gasteiger partial charge in [-0.15, -0.1) is 11.8 Å². The summed E-state index contributed by atoms with van der Waals surface area (Å²) in [6, 6.07) is 14.4. The zero-order valence-corrected chi connectivity index (χ0v) is 17.8. The molecule has 0 aromatic heterocycles. The molecule has 0 radical (unpaired) electrons. The van der Waals surface area contributed by atoms with E-state index in [1.165, 1.54) is 0 Å². The maximum atomic E-state index is 13.1. The van der Waals surface area contributed by atoms with Gasteiger partial charge in [-0.3, -0.25) is 9.59 Å². The first-order valence-corrected chi connectivity index (χ1v) is 11.0. The van der Waals surface area contributed by atoms with Crippen molar-refractivity contribution < 1.29 is 14.3 Å². The number of para-hydroxylation sites is 1. The van der Waals surface area contributed by atoms with Gasteiger partial charge in [-0.2, -0.15) is 0 Å². The summed E-state index contributed by atoms with van der Waals surface area (Å²) in [5.74, 6) is 1.53. The topological polar surface area (TPSA) is 49.9 Å². The molecule has 0 bridgehead atoms. The average molecular weight is 431 g/mol. The van der Waals surface area contributed by atoms with E-state index in [0.29, 0.717) is 35.0 Å². The van der Waals surface area contributed by atoms with Crippen molar-refractivity contribution >= 4 is 35.2 Å². The molecule has 0 saturated carbocycles. The van der Waals surface area contributed by atoms with Crippen LogP contribution in [0.15, 0.2) is 48.5 Å². The van der Waals surface area contributed by atoms with Crippen molar-refractivity contribution in [3.8, 4) is 5.75 Å². The first-order chi connectivity index (χ1) is 14.0. The molecular formula is C22H23ClN2O3S. The van der Waals surface area contributed by atoms with Gasteiger partial charge in [0.05, 0.1) is 17.5 Å². The van der Waals surface area contributed by atoms with Gasteiger partial charge in [-0.25, -0.2) is 0 Å². The first-order valence-electron chi connectivity index (χ1n) is 9.68. The normalized spacial score (nSPS) is 18.1. The number of methoxy groups -OCH3 is 1. The van der Waals surface area contributed by atoms with Crippen molar-refractivity contribution in [3.05, 3.63) is 64.7 Å². The van der Waals surface area contributed by atoms with E-state index in [-0.39, 0.29) is 16.7 Å². The van der Waals surface area contributed by atoms with Crippen LogP contribution in [0, 0.1) is 0 Å². The van der Waals surface area contributed by atoms with Gasteiger partial charge in [0.15, 0.2) is 0 Å². The third-order valence-corrected chi connectivity index (χ3v) is 7.49. The van der Waals surface area contributed by atoms with Crippen LogP contribution >= 0.6 is 23.4 Å². The smallest absolute Gasteiger partial charge is 0.257 e. The summed E-state index contributed by atoms with van der Waals surface area (Å²) in [5.41, 5.74) is 1.24. The predicted octanol–water partition coefficient (Wildman–Crippen LogP) is 4.17. The summed E-state index contributed by atoms with van der Waals surface area (Å²) >= 11 is 7.79. The van der Waals surface area contributed by atoms with Crippen molar-refractivity contribution in [1.82, 2.24) is 9.80 Å². The van der Waals surface area contributed by atoms with E-state index < -0.39 is 0 Å². The number of hydrogen-bond donors (Lipinski definition) is 0. The summed E-state index contributed by atoms with van der Waals surface area (Å²) < 4.78 is 5.34. The van der Waals surface area contributed by atoms with E-state index >= 15 is 0 Å². The van der Waals surface area contributed by atoms with Crippen LogP contribution in [0.3, 0.4) is 0 Å². The molecule has 2 saturated heterocycles. The molecule has 0 unspecified atom stereocenters. The number of halogens is 1. The van der Waals surface area contributed by atoms with Crippen molar-refractivity contribution in [3.63, 3.8) is 0 Å². The monoisotopic (exact) mass is 430 g/mol. The molecular weight excluding hydrogens is 408 g/mol. The Hall–Kier alpha value is -2.18. The summed E-state index contributed by atoms with van der Waals surface area (Å²) in [4.78, 5) is 29.7. The molecule has 0 atom stereocenters. The molecule has 2 aliphatic rings. The second-order valence-electron chi connectivity index (χ2n) is 7.25. The van der Waals surface area contributed by atoms with Gasteiger partial charge in [0, 0.05) is 36.0 Å². The lowest BCUT2D eigenvalue weighted by molar-refractivity contribution is 0.0496. The van der Waals surface area contributed by atoms with Gasteiger partial charge in [-0.05, 0) is 49.2 Å². The van der Waals surface area contributed by atoms with E-state index in [1.807, 2.05) is 33.7 Å². The fraction of sp³-hybridized carbons (Fsp3) is 0.364. The number of benzene rings is 2. The van der Waals surface area contributed by atoms with Crippen LogP contribution in [0.2, 0.25) is 5.02 Å². The number of rotatable bonds is 3. The lowest BCUT2D eigenvalue weighted by Crippen LogP contribution is -2.53. The Balaban J connectivity index is 1.48. The Morgan fingerprint density at radius 1 is 1.00 bits per heavy atom. The van der Waals surface area contributed by atoms with E-state index in [4.69, 9.17) is 16.3 Å². The quantitative estimate of drug-likeness (QED) is 0.733. The lowest BCUT2D eigenvalue weighted by Gasteiger charge is -2.44. The van der Waals surface area contributed by atoms with Gasteiger partial charge in [0.1, 0.15) is 5.75 Å². The maximum Gasteiger partial charge on any atom is 0.257 e. The van der Waals surface area contributed by atoms with Crippen molar-refractivity contribution in [2.75, 3.05) is 32.5 Å². The fourth-order valence-corrected chi connectivity index (χ4v) is 5.69. The number of piperidine rings is 1. The highest BCUT2D eigenvalue weighted by molar-refractivity contribution is 8.00. The van der Waals surface area contributed by atoms with Crippen molar-refractivity contribution in [2.45, 2.75) is 17.7 Å². The van der Waals surface area contributed by atoms with E-state index in [1.54, 1.807) is 43.5 Å². The Labute approximate surface area is 180 Å². The van der Waals surface area contributed by atoms with E-state index in [2.05, 4.69) is 0 Å². The number of likely N-dealkylation sites (tertiary alicyclic amines) is 1. The molecule has 4 rings (SSSR count). The van der Waals surface area contributed by atoms with Crippen LogP contribution in [-0.4, -0.2) is 59.0 Å². The van der Waals surface area contributed by atoms with Gasteiger partial charge in [0.2, 0.25) is 0 Å². The number of thioether (sulfide) groups is 1. The molecule has 2 fully saturated rings. The molecule has 2 aromatic carbocycles. The minimum Gasteiger partial charge on any atom is -0.496 e. The molecule has 2 aromatic rings. The second kappa shape index (κ2) is 8.28. The highest BCUT2D eigenvalue weighted by Gasteiger charge is 2.47. The second-order valence-corrected chi connectivity index (χ2v) is 9.14. The van der Waals surface area contributed by atoms with Crippen LogP contribution in [-0.2, 0) is 0 Å². The highest BCUT2D eigenvalue weighted by Crippen LogP contribution is 2.44. The zero-order chi connectivity index (χ0) is 20.4. The van der Waals surface area contributed by atoms with Gasteiger partial charge in [0.25, 0.3) is 11.8 Å². The fourth-order valence-electron chi connectivity index (χ4n) is 4.11. The van der Waals surface area contributed by atoms with Crippen LogP contribution in [0.5, 0.6) is 5.75 Å². The Morgan fingerprint density at radius 2 is 1.69 bits per heavy atom. The summed E-state index contributed by atoms with van der Waals surface area (Å²) in [5, 5.41) is 0.621. The molecule has 1 spiro atoms. The minimum absolute atomic E-state index is 0.0177. The minimum atomic E-state index is -0.242. The standard InChI is InChI=1S/C22H23ClN2O3S/c1-28-19-5-3-2-4-18(19)21(27)24-12-10-22(11-13-24)25(14-15-29-22)20(26)16-6-8-17(23)9-7-16/h2-9H,10-15H2,1H3. The summed E-state index contributed by atoms with van der Waals surface area (Å²) in [6.07, 6.45) is 1.52. The third-order valence-electron chi connectivity index (χ3n) is 5.68. The zero-order valence-electron chi connectivity index (χ0n) is 16.3. The molecule has 7 heteroatoms. The van der Waals surface area contributed by atoms with Crippen molar-refractivity contribution in [1.29, 1.82) is 0 Å². The van der Waals surface area contributed by atoms with E-state index in [0.717, 1.165) is 25.1 Å². The highest BCUT2D eigenvalue weighted by atomic mass is 35.5. The van der Waals surface area contributed by atoms with E-state index in [9.17, 15) is 9.59 Å². The SMILES string of the molecule is COc1ccccc1C(=O)N1CCC2(CC1)SCCN2C(=O)c1ccc(Cl)cc1. The van der Waals surface area contributed by atoms with Gasteiger partial charge in [-0.1, -0.05) is 23.7 Å². The molecule has 152 valence electrons. The largest absolute Gasteiger partial charge is 0.496 e. The van der Waals surface area contributed by atoms with Crippen LogP contribution in [0.4, 0.5) is 0 Å². The third kappa shape index (κ3) is 3.83. The summed E-state index contributed by atoms with van der Waals surface area (Å²) in [7, 11) is 1.58. The molecule has 0 N–H and O–H groups in total. The maximum absolute atomic E-state index is 13.1. The predicted molar refractivity (Wildman–Crippen MR) is 116 cm³/mol. The lowest BCUT2D eigenvalue weighted by atomic mass is 10.00. The molecule has 2 amide bonds. The Bertz CT molecular complexity index is 911. The number of ether oxygens (including phenoxy) is 1. The average Bonchev–Trinajstić information content (AvgIpc) is 3.16. The number of carbonyl (C=O) groups excluding carboxylic acids is 2. The number of amides is 2. The molecule has 29 heavy (non-hydrogen) atoms. The van der Waals surface area contributed by atoms with Gasteiger partial charge < -0.3 is 14.5 Å². The molecule has 2 aliphatic heterocycles.